The molecule has 0 radical (unpaired) electrons. The number of ether oxygens (including phenoxy) is 2. The second-order valence-corrected chi connectivity index (χ2v) is 6.69. The molecule has 2 nitrogen and oxygen atoms in total. The highest BCUT2D eigenvalue weighted by Crippen LogP contribution is 2.17. The van der Waals surface area contributed by atoms with Crippen molar-refractivity contribution in [2.24, 2.45) is 0 Å². The van der Waals surface area contributed by atoms with Crippen LogP contribution in [0.1, 0.15) is 77.6 Å². The second-order valence-electron chi connectivity index (χ2n) is 5.67. The van der Waals surface area contributed by atoms with E-state index in [1.807, 2.05) is 0 Å². The van der Waals surface area contributed by atoms with Gasteiger partial charge in [0.2, 0.25) is 0 Å². The number of halogens is 1. The molecular formula is C16H31BrO2. The lowest BCUT2D eigenvalue weighted by atomic mass is 10.1. The molecule has 1 aliphatic rings. The Morgan fingerprint density at radius 2 is 1.53 bits per heavy atom. The maximum Gasteiger partial charge on any atom is 0.112 e. The molecular weight excluding hydrogens is 304 g/mol. The van der Waals surface area contributed by atoms with Gasteiger partial charge in [0.25, 0.3) is 0 Å². The first kappa shape index (κ1) is 17.5. The summed E-state index contributed by atoms with van der Waals surface area (Å²) in [5.41, 5.74) is 0. The summed E-state index contributed by atoms with van der Waals surface area (Å²) in [5, 5.41) is 0.228. The van der Waals surface area contributed by atoms with E-state index in [1.54, 1.807) is 0 Å². The van der Waals surface area contributed by atoms with Gasteiger partial charge in [-0.25, -0.2) is 0 Å². The van der Waals surface area contributed by atoms with E-state index in [1.165, 1.54) is 64.2 Å². The zero-order chi connectivity index (χ0) is 13.8. The van der Waals surface area contributed by atoms with Crippen molar-refractivity contribution in [1.29, 1.82) is 0 Å². The Hall–Kier alpha value is 0.400. The average Bonchev–Trinajstić information content (AvgIpc) is 3.23. The molecule has 1 saturated heterocycles. The summed E-state index contributed by atoms with van der Waals surface area (Å²) >= 11 is 3.57. The minimum absolute atomic E-state index is 0.228. The van der Waals surface area contributed by atoms with Crippen LogP contribution in [-0.2, 0) is 9.47 Å². The molecule has 2 atom stereocenters. The van der Waals surface area contributed by atoms with Crippen molar-refractivity contribution in [3.63, 3.8) is 0 Å². The van der Waals surface area contributed by atoms with Crippen molar-refractivity contribution < 1.29 is 9.47 Å². The molecule has 0 aromatic rings. The lowest BCUT2D eigenvalue weighted by Crippen LogP contribution is -2.09. The van der Waals surface area contributed by atoms with Crippen LogP contribution in [0.3, 0.4) is 0 Å². The quantitative estimate of drug-likeness (QED) is 0.240. The summed E-state index contributed by atoms with van der Waals surface area (Å²) in [5.74, 6) is 0. The Labute approximate surface area is 127 Å². The molecule has 0 aromatic carbocycles. The van der Waals surface area contributed by atoms with Gasteiger partial charge in [-0.3, -0.25) is 0 Å². The first-order chi connectivity index (χ1) is 9.33. The summed E-state index contributed by atoms with van der Waals surface area (Å²) in [6.07, 6.45) is 15.4. The van der Waals surface area contributed by atoms with E-state index in [9.17, 15) is 0 Å². The SMILES string of the molecule is CCCCCCCCCCCCC(Br)OCC1CO1. The molecule has 3 heteroatoms. The molecule has 19 heavy (non-hydrogen) atoms. The number of hydrogen-bond acceptors (Lipinski definition) is 2. The van der Waals surface area contributed by atoms with Crippen molar-refractivity contribution in [1.82, 2.24) is 0 Å². The van der Waals surface area contributed by atoms with Crippen molar-refractivity contribution in [2.75, 3.05) is 13.2 Å². The second kappa shape index (κ2) is 12.2. The maximum atomic E-state index is 5.64. The first-order valence-electron chi connectivity index (χ1n) is 8.20. The molecule has 1 fully saturated rings. The fraction of sp³-hybridized carbons (Fsp3) is 1.00. The van der Waals surface area contributed by atoms with Crippen LogP contribution in [0.5, 0.6) is 0 Å². The summed E-state index contributed by atoms with van der Waals surface area (Å²) in [7, 11) is 0. The molecule has 2 unspecified atom stereocenters. The summed E-state index contributed by atoms with van der Waals surface area (Å²) in [6, 6.07) is 0. The number of alkyl halides is 1. The van der Waals surface area contributed by atoms with Crippen molar-refractivity contribution >= 4 is 15.9 Å². The number of rotatable bonds is 14. The minimum Gasteiger partial charge on any atom is -0.371 e. The molecule has 0 N–H and O–H groups in total. The van der Waals surface area contributed by atoms with Gasteiger partial charge in [-0.15, -0.1) is 0 Å². The highest BCUT2D eigenvalue weighted by Gasteiger charge is 2.23. The third-order valence-corrected chi connectivity index (χ3v) is 4.37. The lowest BCUT2D eigenvalue weighted by Gasteiger charge is -2.10. The summed E-state index contributed by atoms with van der Waals surface area (Å²) in [6.45, 7) is 3.92. The molecule has 0 aliphatic carbocycles. The Bertz CT molecular complexity index is 195. The van der Waals surface area contributed by atoms with Gasteiger partial charge in [-0.1, -0.05) is 80.6 Å². The molecule has 1 heterocycles. The zero-order valence-corrected chi connectivity index (χ0v) is 14.1. The average molecular weight is 335 g/mol. The Kier molecular flexibility index (Phi) is 11.2. The monoisotopic (exact) mass is 334 g/mol. The molecule has 0 aromatic heterocycles. The molecule has 0 bridgehead atoms. The Morgan fingerprint density at radius 1 is 1.00 bits per heavy atom. The lowest BCUT2D eigenvalue weighted by molar-refractivity contribution is 0.0944. The van der Waals surface area contributed by atoms with E-state index in [-0.39, 0.29) is 5.01 Å². The molecule has 0 spiro atoms. The number of unbranched alkanes of at least 4 members (excludes halogenated alkanes) is 9. The van der Waals surface area contributed by atoms with Gasteiger partial charge >= 0.3 is 0 Å². The first-order valence-corrected chi connectivity index (χ1v) is 9.11. The Morgan fingerprint density at radius 3 is 2.05 bits per heavy atom. The van der Waals surface area contributed by atoms with Crippen molar-refractivity contribution in [3.8, 4) is 0 Å². The van der Waals surface area contributed by atoms with Crippen LogP contribution in [0.4, 0.5) is 0 Å². The van der Waals surface area contributed by atoms with Crippen molar-refractivity contribution in [2.45, 2.75) is 88.7 Å². The molecule has 0 saturated carbocycles. The predicted octanol–water partition coefficient (Wildman–Crippen LogP) is 5.43. The normalized spacial score (nSPS) is 19.6. The van der Waals surface area contributed by atoms with E-state index in [4.69, 9.17) is 9.47 Å². The van der Waals surface area contributed by atoms with Gasteiger partial charge in [0.15, 0.2) is 0 Å². The minimum atomic E-state index is 0.228. The van der Waals surface area contributed by atoms with Crippen LogP contribution in [0, 0.1) is 0 Å². The molecule has 1 aliphatic heterocycles. The smallest absolute Gasteiger partial charge is 0.112 e. The van der Waals surface area contributed by atoms with Crippen LogP contribution in [-0.4, -0.2) is 24.3 Å². The summed E-state index contributed by atoms with van der Waals surface area (Å²) < 4.78 is 10.8. The van der Waals surface area contributed by atoms with E-state index in [2.05, 4.69) is 22.9 Å². The van der Waals surface area contributed by atoms with Gasteiger partial charge in [0, 0.05) is 0 Å². The van der Waals surface area contributed by atoms with E-state index in [0.717, 1.165) is 19.6 Å². The van der Waals surface area contributed by atoms with Gasteiger partial charge in [-0.2, -0.15) is 0 Å². The van der Waals surface area contributed by atoms with Crippen LogP contribution < -0.4 is 0 Å². The molecule has 1 rings (SSSR count). The maximum absolute atomic E-state index is 5.64. The third kappa shape index (κ3) is 11.9. The fourth-order valence-electron chi connectivity index (χ4n) is 2.25. The largest absolute Gasteiger partial charge is 0.371 e. The molecule has 0 amide bonds. The van der Waals surface area contributed by atoms with Gasteiger partial charge in [-0.05, 0) is 12.8 Å². The van der Waals surface area contributed by atoms with Crippen LogP contribution >= 0.6 is 15.9 Å². The third-order valence-electron chi connectivity index (χ3n) is 3.65. The van der Waals surface area contributed by atoms with E-state index < -0.39 is 0 Å². The van der Waals surface area contributed by atoms with Crippen LogP contribution in [0.25, 0.3) is 0 Å². The highest BCUT2D eigenvalue weighted by atomic mass is 79.9. The summed E-state index contributed by atoms with van der Waals surface area (Å²) in [4.78, 5) is 0. The fourth-order valence-corrected chi connectivity index (χ4v) is 2.73. The van der Waals surface area contributed by atoms with E-state index >= 15 is 0 Å². The topological polar surface area (TPSA) is 21.8 Å². The van der Waals surface area contributed by atoms with Gasteiger partial charge < -0.3 is 9.47 Å². The Balaban J connectivity index is 1.70. The van der Waals surface area contributed by atoms with Crippen molar-refractivity contribution in [3.05, 3.63) is 0 Å². The zero-order valence-electron chi connectivity index (χ0n) is 12.5. The van der Waals surface area contributed by atoms with Gasteiger partial charge in [0.1, 0.15) is 11.1 Å². The van der Waals surface area contributed by atoms with Crippen LogP contribution in [0.15, 0.2) is 0 Å². The molecule has 114 valence electrons. The van der Waals surface area contributed by atoms with Gasteiger partial charge in [0.05, 0.1) is 13.2 Å². The highest BCUT2D eigenvalue weighted by molar-refractivity contribution is 9.09. The number of hydrogen-bond donors (Lipinski definition) is 0. The number of epoxide rings is 1. The standard InChI is InChI=1S/C16H31BrO2/c1-2-3-4-5-6-7-8-9-10-11-12-16(17)19-14-15-13-18-15/h15-16H,2-14H2,1H3. The van der Waals surface area contributed by atoms with E-state index in [0.29, 0.717) is 6.10 Å². The predicted molar refractivity (Wildman–Crippen MR) is 84.9 cm³/mol. The van der Waals surface area contributed by atoms with Crippen LogP contribution in [0.2, 0.25) is 0 Å².